The van der Waals surface area contributed by atoms with E-state index >= 15 is 0 Å². The van der Waals surface area contributed by atoms with Crippen LogP contribution in [0.15, 0.2) is 23.1 Å². The fourth-order valence-electron chi connectivity index (χ4n) is 3.64. The van der Waals surface area contributed by atoms with Crippen LogP contribution in [0.1, 0.15) is 37.7 Å². The van der Waals surface area contributed by atoms with Crippen molar-refractivity contribution in [1.29, 1.82) is 0 Å². The number of sulfonamides is 1. The van der Waals surface area contributed by atoms with Gasteiger partial charge in [-0.25, -0.2) is 12.8 Å². The normalized spacial score (nSPS) is 26.8. The molecule has 1 aromatic carbocycles. The van der Waals surface area contributed by atoms with Crippen LogP contribution in [0, 0.1) is 11.7 Å². The van der Waals surface area contributed by atoms with Gasteiger partial charge in [-0.2, -0.15) is 4.31 Å². The van der Waals surface area contributed by atoms with Crippen molar-refractivity contribution in [2.75, 3.05) is 6.54 Å². The first-order valence-corrected chi connectivity index (χ1v) is 8.89. The minimum absolute atomic E-state index is 0.0284. The van der Waals surface area contributed by atoms with Gasteiger partial charge in [-0.05, 0) is 42.9 Å². The Morgan fingerprint density at radius 1 is 1.24 bits per heavy atom. The monoisotopic (exact) mass is 313 g/mol. The topological polar surface area (TPSA) is 57.6 Å². The second-order valence-electron chi connectivity index (χ2n) is 5.94. The van der Waals surface area contributed by atoms with Gasteiger partial charge < -0.3 is 5.11 Å². The Morgan fingerprint density at radius 2 is 2.00 bits per heavy atom. The molecule has 0 spiro atoms. The van der Waals surface area contributed by atoms with Crippen LogP contribution in [0.4, 0.5) is 4.39 Å². The molecular formula is C15H20FNO3S. The Morgan fingerprint density at radius 3 is 2.71 bits per heavy atom. The highest BCUT2D eigenvalue weighted by Crippen LogP contribution is 2.39. The lowest BCUT2D eigenvalue weighted by atomic mass is 9.86. The molecule has 6 heteroatoms. The maximum absolute atomic E-state index is 14.1. The quantitative estimate of drug-likeness (QED) is 0.931. The van der Waals surface area contributed by atoms with Gasteiger partial charge in [0.15, 0.2) is 0 Å². The molecule has 116 valence electrons. The third-order valence-electron chi connectivity index (χ3n) is 4.72. The van der Waals surface area contributed by atoms with Gasteiger partial charge in [-0.15, -0.1) is 0 Å². The zero-order valence-electron chi connectivity index (χ0n) is 11.8. The van der Waals surface area contributed by atoms with E-state index in [1.54, 1.807) is 0 Å². The van der Waals surface area contributed by atoms with Crippen LogP contribution in [0.3, 0.4) is 0 Å². The van der Waals surface area contributed by atoms with Gasteiger partial charge in [0.2, 0.25) is 10.0 Å². The van der Waals surface area contributed by atoms with Crippen LogP contribution in [0.2, 0.25) is 0 Å². The second-order valence-corrected chi connectivity index (χ2v) is 7.80. The predicted molar refractivity (Wildman–Crippen MR) is 76.6 cm³/mol. The number of aliphatic hydroxyl groups excluding tert-OH is 1. The van der Waals surface area contributed by atoms with Crippen molar-refractivity contribution < 1.29 is 17.9 Å². The zero-order chi connectivity index (χ0) is 15.0. The first-order chi connectivity index (χ1) is 10.0. The Labute approximate surface area is 124 Å². The first kappa shape index (κ1) is 14.9. The number of halogens is 1. The van der Waals surface area contributed by atoms with Crippen molar-refractivity contribution in [2.24, 2.45) is 5.92 Å². The fourth-order valence-corrected chi connectivity index (χ4v) is 5.42. The number of benzene rings is 1. The van der Waals surface area contributed by atoms with E-state index in [1.165, 1.54) is 16.4 Å². The van der Waals surface area contributed by atoms with Crippen LogP contribution >= 0.6 is 0 Å². The van der Waals surface area contributed by atoms with E-state index in [1.807, 2.05) is 0 Å². The smallest absolute Gasteiger partial charge is 0.246 e. The average Bonchev–Trinajstić information content (AvgIpc) is 2.91. The summed E-state index contributed by atoms with van der Waals surface area (Å²) in [6.07, 6.45) is 5.02. The Hall–Kier alpha value is -0.980. The highest BCUT2D eigenvalue weighted by atomic mass is 32.2. The van der Waals surface area contributed by atoms with Gasteiger partial charge in [-0.3, -0.25) is 0 Å². The van der Waals surface area contributed by atoms with E-state index in [2.05, 4.69) is 0 Å². The summed E-state index contributed by atoms with van der Waals surface area (Å²) in [4.78, 5) is -0.272. The molecule has 4 nitrogen and oxygen atoms in total. The van der Waals surface area contributed by atoms with E-state index in [9.17, 15) is 12.8 Å². The van der Waals surface area contributed by atoms with Crippen molar-refractivity contribution in [3.63, 3.8) is 0 Å². The largest absolute Gasteiger partial charge is 0.392 e. The minimum Gasteiger partial charge on any atom is -0.392 e. The Balaban J connectivity index is 1.93. The number of hydrogen-bond acceptors (Lipinski definition) is 3. The first-order valence-electron chi connectivity index (χ1n) is 7.45. The van der Waals surface area contributed by atoms with Crippen molar-refractivity contribution in [2.45, 2.75) is 49.6 Å². The molecule has 0 amide bonds. The van der Waals surface area contributed by atoms with Crippen molar-refractivity contribution in [3.05, 3.63) is 29.6 Å². The van der Waals surface area contributed by atoms with Crippen LogP contribution in [0.25, 0.3) is 0 Å². The summed E-state index contributed by atoms with van der Waals surface area (Å²) >= 11 is 0. The number of fused-ring (bicyclic) bond motifs is 1. The second kappa shape index (κ2) is 5.66. The van der Waals surface area contributed by atoms with Crippen molar-refractivity contribution in [1.82, 2.24) is 4.31 Å². The molecular weight excluding hydrogens is 293 g/mol. The van der Waals surface area contributed by atoms with Gasteiger partial charge in [0.25, 0.3) is 0 Å². The number of aliphatic hydroxyl groups is 1. The van der Waals surface area contributed by atoms with Crippen LogP contribution in [0.5, 0.6) is 0 Å². The van der Waals surface area contributed by atoms with Gasteiger partial charge >= 0.3 is 0 Å². The molecule has 1 N–H and O–H groups in total. The van der Waals surface area contributed by atoms with E-state index in [0.29, 0.717) is 18.0 Å². The summed E-state index contributed by atoms with van der Waals surface area (Å²) in [5, 5.41) is 9.00. The fraction of sp³-hybridized carbons (Fsp3) is 0.600. The standard InChI is InChI=1S/C15H20FNO3S/c16-13-9-11(10-18)5-6-15(13)21(19,20)17-8-7-12-3-1-2-4-14(12)17/h5-6,9,12,14,18H,1-4,7-8,10H2. The molecule has 0 radical (unpaired) electrons. The maximum Gasteiger partial charge on any atom is 0.246 e. The van der Waals surface area contributed by atoms with Crippen LogP contribution < -0.4 is 0 Å². The van der Waals surface area contributed by atoms with Gasteiger partial charge in [0.05, 0.1) is 6.61 Å². The van der Waals surface area contributed by atoms with Crippen molar-refractivity contribution in [3.8, 4) is 0 Å². The summed E-state index contributed by atoms with van der Waals surface area (Å²) in [6, 6.07) is 3.86. The Bertz CT molecular complexity index is 632. The zero-order valence-corrected chi connectivity index (χ0v) is 12.7. The van der Waals surface area contributed by atoms with Gasteiger partial charge in [0.1, 0.15) is 10.7 Å². The highest BCUT2D eigenvalue weighted by Gasteiger charge is 2.43. The van der Waals surface area contributed by atoms with Crippen molar-refractivity contribution >= 4 is 10.0 Å². The summed E-state index contributed by atoms with van der Waals surface area (Å²) in [6.45, 7) is 0.185. The van der Waals surface area contributed by atoms with E-state index in [-0.39, 0.29) is 17.5 Å². The summed E-state index contributed by atoms with van der Waals surface area (Å²) in [7, 11) is -3.79. The minimum atomic E-state index is -3.79. The molecule has 1 aliphatic carbocycles. The van der Waals surface area contributed by atoms with Crippen LogP contribution in [-0.2, 0) is 16.6 Å². The molecule has 1 aromatic rings. The number of hydrogen-bond donors (Lipinski definition) is 1. The SMILES string of the molecule is O=S(=O)(c1ccc(CO)cc1F)N1CCC2CCCCC21. The molecule has 0 aromatic heterocycles. The molecule has 1 aliphatic heterocycles. The molecule has 1 heterocycles. The average molecular weight is 313 g/mol. The lowest BCUT2D eigenvalue weighted by Crippen LogP contribution is -2.39. The summed E-state index contributed by atoms with van der Waals surface area (Å²) < 4.78 is 41.1. The van der Waals surface area contributed by atoms with Gasteiger partial charge in [-0.1, -0.05) is 18.9 Å². The maximum atomic E-state index is 14.1. The molecule has 2 atom stereocenters. The highest BCUT2D eigenvalue weighted by molar-refractivity contribution is 7.89. The van der Waals surface area contributed by atoms with E-state index in [4.69, 9.17) is 5.11 Å². The van der Waals surface area contributed by atoms with Crippen LogP contribution in [-0.4, -0.2) is 30.4 Å². The molecule has 0 bridgehead atoms. The predicted octanol–water partition coefficient (Wildman–Crippen LogP) is 2.27. The molecule has 1 saturated carbocycles. The third-order valence-corrected chi connectivity index (χ3v) is 6.68. The van der Waals surface area contributed by atoms with Gasteiger partial charge in [0, 0.05) is 12.6 Å². The molecule has 2 unspecified atom stereocenters. The third kappa shape index (κ3) is 2.60. The molecule has 2 aliphatic rings. The molecule has 2 fully saturated rings. The number of nitrogens with zero attached hydrogens (tertiary/aromatic N) is 1. The Kier molecular flexibility index (Phi) is 4.03. The molecule has 21 heavy (non-hydrogen) atoms. The summed E-state index contributed by atoms with van der Waals surface area (Å²) in [5.74, 6) is -0.353. The molecule has 1 saturated heterocycles. The van der Waals surface area contributed by atoms with E-state index < -0.39 is 15.8 Å². The lowest BCUT2D eigenvalue weighted by molar-refractivity contribution is 0.259. The molecule has 3 rings (SSSR count). The lowest BCUT2D eigenvalue weighted by Gasteiger charge is -2.31. The summed E-state index contributed by atoms with van der Waals surface area (Å²) in [5.41, 5.74) is 0.378. The number of rotatable bonds is 3. The van der Waals surface area contributed by atoms with E-state index in [0.717, 1.165) is 38.2 Å².